The van der Waals surface area contributed by atoms with Crippen LogP contribution in [0.1, 0.15) is 45.6 Å². The van der Waals surface area contributed by atoms with Gasteiger partial charge in [0.15, 0.2) is 11.5 Å². The van der Waals surface area contributed by atoms with E-state index >= 15 is 0 Å². The number of nitrogens with zero attached hydrogens (tertiary/aromatic N) is 4. The van der Waals surface area contributed by atoms with E-state index in [0.29, 0.717) is 18.1 Å². The second-order valence-corrected chi connectivity index (χ2v) is 6.83. The Hall–Kier alpha value is -1.06. The molecule has 0 aliphatic rings. The first-order chi connectivity index (χ1) is 10.2. The Morgan fingerprint density at radius 2 is 1.95 bits per heavy atom. The monoisotopic (exact) mass is 424 g/mol. The quantitative estimate of drug-likeness (QED) is 0.542. The smallest absolute Gasteiger partial charge is 0.320 e. The van der Waals surface area contributed by atoms with E-state index in [1.807, 2.05) is 27.7 Å². The van der Waals surface area contributed by atoms with Crippen molar-refractivity contribution in [2.75, 3.05) is 11.0 Å². The zero-order chi connectivity index (χ0) is 16.5. The molecule has 2 aromatic heterocycles. The van der Waals surface area contributed by atoms with E-state index in [2.05, 4.69) is 15.1 Å². The summed E-state index contributed by atoms with van der Waals surface area (Å²) in [6.45, 7) is 8.20. The van der Waals surface area contributed by atoms with E-state index in [0.717, 1.165) is 6.42 Å². The van der Waals surface area contributed by atoms with Crippen LogP contribution >= 0.6 is 22.6 Å². The molecule has 0 atom stereocenters. The molecule has 0 saturated carbocycles. The number of rotatable bonds is 5. The van der Waals surface area contributed by atoms with Crippen LogP contribution in [0.2, 0.25) is 0 Å². The lowest BCUT2D eigenvalue weighted by Gasteiger charge is -2.14. The number of hydrogen-bond acceptors (Lipinski definition) is 4. The Balaban J connectivity index is 2.62. The first-order valence-corrected chi connectivity index (χ1v) is 8.57. The third-order valence-electron chi connectivity index (χ3n) is 2.94. The van der Waals surface area contributed by atoms with Gasteiger partial charge in [-0.15, -0.1) is 5.10 Å². The molecule has 0 amide bonds. The predicted octanol–water partition coefficient (Wildman–Crippen LogP) is 3.74. The zero-order valence-electron chi connectivity index (χ0n) is 13.0. The fourth-order valence-electron chi connectivity index (χ4n) is 1.72. The lowest BCUT2D eigenvalue weighted by Crippen LogP contribution is -2.19. The van der Waals surface area contributed by atoms with Gasteiger partial charge < -0.3 is 4.74 Å². The SMILES string of the molecule is CCCOc1nc(C(F)(F)CI)cc2nc(C(C)(C)C)nn12. The molecule has 0 bridgehead atoms. The summed E-state index contributed by atoms with van der Waals surface area (Å²) in [5.74, 6) is -2.47. The fraction of sp³-hybridized carbons (Fsp3) is 0.643. The van der Waals surface area contributed by atoms with Crippen molar-refractivity contribution in [3.8, 4) is 6.01 Å². The summed E-state index contributed by atoms with van der Waals surface area (Å²) in [6, 6.07) is 1.33. The molecule has 0 aliphatic heterocycles. The number of aromatic nitrogens is 4. The third kappa shape index (κ3) is 3.47. The molecule has 2 aromatic rings. The van der Waals surface area contributed by atoms with Crippen molar-refractivity contribution in [1.82, 2.24) is 19.6 Å². The Kier molecular flexibility index (Phi) is 4.88. The highest BCUT2D eigenvalue weighted by atomic mass is 127. The molecule has 0 spiro atoms. The van der Waals surface area contributed by atoms with E-state index in [9.17, 15) is 8.78 Å². The van der Waals surface area contributed by atoms with Gasteiger partial charge in [0.25, 0.3) is 5.92 Å². The van der Waals surface area contributed by atoms with Gasteiger partial charge in [-0.25, -0.2) is 4.98 Å². The minimum Gasteiger partial charge on any atom is -0.463 e. The van der Waals surface area contributed by atoms with Crippen molar-refractivity contribution in [2.24, 2.45) is 0 Å². The Bertz CT molecular complexity index is 667. The maximum atomic E-state index is 14.0. The molecule has 8 heteroatoms. The van der Waals surface area contributed by atoms with E-state index in [1.165, 1.54) is 10.6 Å². The van der Waals surface area contributed by atoms with Crippen LogP contribution in [0.15, 0.2) is 6.07 Å². The standard InChI is InChI=1S/C14H19F2IN4O/c1-5-6-22-12-18-9(14(15,16)8-17)7-10-19-11(13(2,3)4)20-21(10)12/h7H,5-6,8H2,1-4H3. The average molecular weight is 424 g/mol. The van der Waals surface area contributed by atoms with Gasteiger partial charge in [-0.3, -0.25) is 0 Å². The van der Waals surface area contributed by atoms with Crippen LogP contribution in [0.4, 0.5) is 8.78 Å². The molecule has 22 heavy (non-hydrogen) atoms. The van der Waals surface area contributed by atoms with Gasteiger partial charge in [0.05, 0.1) is 11.0 Å². The van der Waals surface area contributed by atoms with Gasteiger partial charge in [0.1, 0.15) is 5.69 Å². The van der Waals surface area contributed by atoms with Gasteiger partial charge in [0.2, 0.25) is 0 Å². The highest BCUT2D eigenvalue weighted by molar-refractivity contribution is 14.1. The highest BCUT2D eigenvalue weighted by Crippen LogP contribution is 2.31. The van der Waals surface area contributed by atoms with Crippen LogP contribution in [0.5, 0.6) is 6.01 Å². The molecule has 2 rings (SSSR count). The molecule has 0 saturated heterocycles. The largest absolute Gasteiger partial charge is 0.463 e. The van der Waals surface area contributed by atoms with Crippen LogP contribution in [-0.4, -0.2) is 30.6 Å². The number of ether oxygens (including phenoxy) is 1. The lowest BCUT2D eigenvalue weighted by molar-refractivity contribution is 0.0208. The first-order valence-electron chi connectivity index (χ1n) is 7.04. The summed E-state index contributed by atoms with van der Waals surface area (Å²) in [5, 5.41) is 4.36. The van der Waals surface area contributed by atoms with Crippen molar-refractivity contribution in [3.63, 3.8) is 0 Å². The third-order valence-corrected chi connectivity index (χ3v) is 3.90. The second kappa shape index (κ2) is 6.21. The van der Waals surface area contributed by atoms with Crippen molar-refractivity contribution in [2.45, 2.75) is 45.5 Å². The number of alkyl halides is 3. The molecule has 122 valence electrons. The van der Waals surface area contributed by atoms with E-state index < -0.39 is 5.92 Å². The number of hydrogen-bond donors (Lipinski definition) is 0. The molecule has 0 aliphatic carbocycles. The van der Waals surface area contributed by atoms with Crippen molar-refractivity contribution < 1.29 is 13.5 Å². The molecule has 0 unspecified atom stereocenters. The highest BCUT2D eigenvalue weighted by Gasteiger charge is 2.34. The van der Waals surface area contributed by atoms with Gasteiger partial charge in [-0.1, -0.05) is 50.3 Å². The summed E-state index contributed by atoms with van der Waals surface area (Å²) >= 11 is 1.64. The molecule has 0 radical (unpaired) electrons. The fourth-order valence-corrected chi connectivity index (χ4v) is 2.11. The molecule has 0 aromatic carbocycles. The summed E-state index contributed by atoms with van der Waals surface area (Å²) < 4.78 is 34.5. The summed E-state index contributed by atoms with van der Waals surface area (Å²) in [7, 11) is 0. The maximum absolute atomic E-state index is 14.0. The zero-order valence-corrected chi connectivity index (χ0v) is 15.2. The summed E-state index contributed by atoms with van der Waals surface area (Å²) in [4.78, 5) is 8.32. The minimum atomic E-state index is -3.03. The van der Waals surface area contributed by atoms with Crippen molar-refractivity contribution in [3.05, 3.63) is 17.6 Å². The first kappa shape index (κ1) is 17.3. The second-order valence-electron chi connectivity index (χ2n) is 6.07. The molecular weight excluding hydrogens is 405 g/mol. The van der Waals surface area contributed by atoms with E-state index in [1.54, 1.807) is 22.6 Å². The molecule has 0 fully saturated rings. The van der Waals surface area contributed by atoms with Gasteiger partial charge >= 0.3 is 6.01 Å². The van der Waals surface area contributed by atoms with Crippen molar-refractivity contribution in [1.29, 1.82) is 0 Å². The lowest BCUT2D eigenvalue weighted by atomic mass is 9.96. The molecular formula is C14H19F2IN4O. The summed E-state index contributed by atoms with van der Waals surface area (Å²) in [5.41, 5.74) is -0.307. The van der Waals surface area contributed by atoms with Gasteiger partial charge in [-0.2, -0.15) is 18.3 Å². The van der Waals surface area contributed by atoms with Gasteiger partial charge in [0, 0.05) is 11.5 Å². The maximum Gasteiger partial charge on any atom is 0.320 e. The minimum absolute atomic E-state index is 0.0573. The Morgan fingerprint density at radius 3 is 2.50 bits per heavy atom. The number of halogens is 3. The van der Waals surface area contributed by atoms with Crippen LogP contribution in [0, 0.1) is 0 Å². The summed E-state index contributed by atoms with van der Waals surface area (Å²) in [6.07, 6.45) is 0.747. The topological polar surface area (TPSA) is 52.3 Å². The van der Waals surface area contributed by atoms with Crippen molar-refractivity contribution >= 4 is 28.2 Å². The molecule has 5 nitrogen and oxygen atoms in total. The van der Waals surface area contributed by atoms with Crippen LogP contribution in [0.25, 0.3) is 5.65 Å². The van der Waals surface area contributed by atoms with Crippen LogP contribution in [-0.2, 0) is 11.3 Å². The Labute approximate surface area is 141 Å². The Morgan fingerprint density at radius 1 is 1.27 bits per heavy atom. The molecule has 2 heterocycles. The van der Waals surface area contributed by atoms with Crippen LogP contribution in [0.3, 0.4) is 0 Å². The number of fused-ring (bicyclic) bond motifs is 1. The van der Waals surface area contributed by atoms with Gasteiger partial charge in [-0.05, 0) is 6.42 Å². The van der Waals surface area contributed by atoms with Crippen LogP contribution < -0.4 is 4.74 Å². The van der Waals surface area contributed by atoms with E-state index in [-0.39, 0.29) is 21.5 Å². The molecule has 0 N–H and O–H groups in total. The average Bonchev–Trinajstić information content (AvgIpc) is 2.88. The normalized spacial score (nSPS) is 12.9. The predicted molar refractivity (Wildman–Crippen MR) is 88.0 cm³/mol. The van der Waals surface area contributed by atoms with E-state index in [4.69, 9.17) is 4.74 Å².